The van der Waals surface area contributed by atoms with Gasteiger partial charge in [-0.05, 0) is 12.8 Å². The lowest BCUT2D eigenvalue weighted by Crippen LogP contribution is -2.29. The molecule has 1 N–H and O–H groups in total. The second-order valence-electron chi connectivity index (χ2n) is 2.53. The summed E-state index contributed by atoms with van der Waals surface area (Å²) in [5.41, 5.74) is 0. The van der Waals surface area contributed by atoms with E-state index in [4.69, 9.17) is 9.84 Å². The third-order valence-corrected chi connectivity index (χ3v) is 1.43. The number of amides is 1. The smallest absolute Gasteiger partial charge is 0.431 e. The van der Waals surface area contributed by atoms with E-state index in [1.54, 1.807) is 0 Å². The normalized spacial score (nSPS) is 10.0. The Morgan fingerprint density at radius 3 is 2.62 bits per heavy atom. The molecule has 0 aliphatic heterocycles. The maximum absolute atomic E-state index is 10.4. The molecule has 78 valence electrons. The molecule has 1 amide bonds. The first-order chi connectivity index (χ1) is 6.22. The Morgan fingerprint density at radius 2 is 2.15 bits per heavy atom. The zero-order chi connectivity index (χ0) is 10.1. The van der Waals surface area contributed by atoms with Crippen LogP contribution in [0.5, 0.6) is 0 Å². The number of carbonyl (C=O) groups is 1. The standard InChI is InChI=1S/C8H17NO4/c1-3-6-13-7-4-5-9(12-2)8(10)11/h3-7H2,1-2H3,(H,10,11). The van der Waals surface area contributed by atoms with Gasteiger partial charge in [0.05, 0.1) is 13.7 Å². The lowest BCUT2D eigenvalue weighted by atomic mass is 10.4. The highest BCUT2D eigenvalue weighted by molar-refractivity contribution is 5.63. The number of ether oxygens (including phenoxy) is 1. The lowest BCUT2D eigenvalue weighted by molar-refractivity contribution is -0.105. The third kappa shape index (κ3) is 6.36. The fourth-order valence-electron chi connectivity index (χ4n) is 0.822. The van der Waals surface area contributed by atoms with Gasteiger partial charge in [0.1, 0.15) is 0 Å². The topological polar surface area (TPSA) is 59.0 Å². The molecule has 0 spiro atoms. The first-order valence-electron chi connectivity index (χ1n) is 4.34. The number of hydroxylamine groups is 2. The van der Waals surface area contributed by atoms with E-state index in [1.807, 2.05) is 6.92 Å². The molecule has 13 heavy (non-hydrogen) atoms. The van der Waals surface area contributed by atoms with Gasteiger partial charge >= 0.3 is 6.09 Å². The maximum Gasteiger partial charge on any atom is 0.431 e. The predicted molar refractivity (Wildman–Crippen MR) is 47.5 cm³/mol. The second-order valence-corrected chi connectivity index (χ2v) is 2.53. The van der Waals surface area contributed by atoms with Gasteiger partial charge in [0, 0.05) is 13.2 Å². The molecule has 0 saturated carbocycles. The molecule has 0 saturated heterocycles. The number of nitrogens with zero attached hydrogens (tertiary/aromatic N) is 1. The molecule has 0 unspecified atom stereocenters. The fraction of sp³-hybridized carbons (Fsp3) is 0.875. The van der Waals surface area contributed by atoms with Gasteiger partial charge in [-0.2, -0.15) is 5.06 Å². The molecular formula is C8H17NO4. The van der Waals surface area contributed by atoms with Crippen LogP contribution in [-0.2, 0) is 9.57 Å². The molecule has 0 aliphatic carbocycles. The number of carboxylic acid groups (broad SMARTS) is 1. The fourth-order valence-corrected chi connectivity index (χ4v) is 0.822. The summed E-state index contributed by atoms with van der Waals surface area (Å²) in [4.78, 5) is 15.0. The van der Waals surface area contributed by atoms with Crippen molar-refractivity contribution in [1.29, 1.82) is 0 Å². The molecule has 0 aromatic heterocycles. The largest absolute Gasteiger partial charge is 0.463 e. The maximum atomic E-state index is 10.4. The molecule has 0 radical (unpaired) electrons. The molecular weight excluding hydrogens is 174 g/mol. The van der Waals surface area contributed by atoms with Crippen molar-refractivity contribution in [1.82, 2.24) is 5.06 Å². The molecule has 5 heteroatoms. The molecule has 0 atom stereocenters. The molecule has 5 nitrogen and oxygen atoms in total. The number of rotatable bonds is 7. The van der Waals surface area contributed by atoms with Crippen molar-refractivity contribution < 1.29 is 19.5 Å². The Labute approximate surface area is 78.2 Å². The summed E-state index contributed by atoms with van der Waals surface area (Å²) in [6.45, 7) is 3.66. The summed E-state index contributed by atoms with van der Waals surface area (Å²) >= 11 is 0. The van der Waals surface area contributed by atoms with Crippen molar-refractivity contribution in [2.75, 3.05) is 26.9 Å². The highest BCUT2D eigenvalue weighted by Crippen LogP contribution is 1.93. The van der Waals surface area contributed by atoms with E-state index in [9.17, 15) is 4.79 Å². The Morgan fingerprint density at radius 1 is 1.46 bits per heavy atom. The van der Waals surface area contributed by atoms with E-state index in [2.05, 4.69) is 4.84 Å². The molecule has 0 aliphatic rings. The van der Waals surface area contributed by atoms with Crippen LogP contribution in [0.1, 0.15) is 19.8 Å². The van der Waals surface area contributed by atoms with Gasteiger partial charge in [-0.3, -0.25) is 4.84 Å². The van der Waals surface area contributed by atoms with Crippen molar-refractivity contribution in [3.63, 3.8) is 0 Å². The predicted octanol–water partition coefficient (Wildman–Crippen LogP) is 1.34. The minimum atomic E-state index is -1.07. The van der Waals surface area contributed by atoms with E-state index >= 15 is 0 Å². The second kappa shape index (κ2) is 7.82. The van der Waals surface area contributed by atoms with Crippen molar-refractivity contribution in [2.24, 2.45) is 0 Å². The Hall–Kier alpha value is -0.810. The van der Waals surface area contributed by atoms with Crippen molar-refractivity contribution >= 4 is 6.09 Å². The zero-order valence-corrected chi connectivity index (χ0v) is 8.15. The van der Waals surface area contributed by atoms with Gasteiger partial charge in [0.25, 0.3) is 0 Å². The molecule has 0 heterocycles. The summed E-state index contributed by atoms with van der Waals surface area (Å²) in [6.07, 6.45) is 0.561. The lowest BCUT2D eigenvalue weighted by Gasteiger charge is -2.15. The minimum Gasteiger partial charge on any atom is -0.463 e. The highest BCUT2D eigenvalue weighted by Gasteiger charge is 2.08. The van der Waals surface area contributed by atoms with Crippen molar-refractivity contribution in [3.8, 4) is 0 Å². The van der Waals surface area contributed by atoms with Gasteiger partial charge in [-0.1, -0.05) is 6.92 Å². The van der Waals surface area contributed by atoms with Crippen LogP contribution in [0, 0.1) is 0 Å². The molecule has 0 aromatic rings. The Kier molecular flexibility index (Phi) is 7.33. The highest BCUT2D eigenvalue weighted by atomic mass is 16.7. The van der Waals surface area contributed by atoms with Crippen LogP contribution < -0.4 is 0 Å². The summed E-state index contributed by atoms with van der Waals surface area (Å²) in [5.74, 6) is 0. The summed E-state index contributed by atoms with van der Waals surface area (Å²) in [7, 11) is 1.33. The first kappa shape index (κ1) is 12.2. The molecule has 0 bridgehead atoms. The van der Waals surface area contributed by atoms with Crippen LogP contribution in [-0.4, -0.2) is 43.1 Å². The van der Waals surface area contributed by atoms with Gasteiger partial charge in [0.15, 0.2) is 0 Å². The van der Waals surface area contributed by atoms with Crippen LogP contribution in [0.15, 0.2) is 0 Å². The van der Waals surface area contributed by atoms with E-state index < -0.39 is 6.09 Å². The van der Waals surface area contributed by atoms with E-state index in [1.165, 1.54) is 7.11 Å². The average molecular weight is 191 g/mol. The van der Waals surface area contributed by atoms with Crippen molar-refractivity contribution in [3.05, 3.63) is 0 Å². The van der Waals surface area contributed by atoms with Gasteiger partial charge in [-0.15, -0.1) is 0 Å². The van der Waals surface area contributed by atoms with Crippen LogP contribution in [0.2, 0.25) is 0 Å². The van der Waals surface area contributed by atoms with Crippen molar-refractivity contribution in [2.45, 2.75) is 19.8 Å². The summed E-state index contributed by atoms with van der Waals surface area (Å²) in [6, 6.07) is 0. The van der Waals surface area contributed by atoms with E-state index in [0.29, 0.717) is 19.6 Å². The van der Waals surface area contributed by atoms with Gasteiger partial charge in [0.2, 0.25) is 0 Å². The van der Waals surface area contributed by atoms with Crippen LogP contribution >= 0.6 is 0 Å². The Bertz CT molecular complexity index is 140. The van der Waals surface area contributed by atoms with E-state index in [0.717, 1.165) is 18.1 Å². The van der Waals surface area contributed by atoms with Gasteiger partial charge in [-0.25, -0.2) is 4.79 Å². The number of hydrogen-bond donors (Lipinski definition) is 1. The van der Waals surface area contributed by atoms with Gasteiger partial charge < -0.3 is 9.84 Å². The number of hydrogen-bond acceptors (Lipinski definition) is 3. The minimum absolute atomic E-state index is 0.343. The van der Waals surface area contributed by atoms with Crippen LogP contribution in [0.4, 0.5) is 4.79 Å². The molecule has 0 fully saturated rings. The monoisotopic (exact) mass is 191 g/mol. The molecule has 0 aromatic carbocycles. The van der Waals surface area contributed by atoms with Crippen LogP contribution in [0.3, 0.4) is 0 Å². The summed E-state index contributed by atoms with van der Waals surface area (Å²) in [5, 5.41) is 9.42. The average Bonchev–Trinajstić information content (AvgIpc) is 2.10. The van der Waals surface area contributed by atoms with E-state index in [-0.39, 0.29) is 0 Å². The quantitative estimate of drug-likeness (QED) is 0.487. The third-order valence-electron chi connectivity index (χ3n) is 1.43. The Balaban J connectivity index is 3.33. The summed E-state index contributed by atoms with van der Waals surface area (Å²) < 4.78 is 5.18. The zero-order valence-electron chi connectivity index (χ0n) is 8.15. The molecule has 0 rings (SSSR count). The first-order valence-corrected chi connectivity index (χ1v) is 4.34. The van der Waals surface area contributed by atoms with Crippen LogP contribution in [0.25, 0.3) is 0 Å². The SMILES string of the molecule is CCCOCCCN(OC)C(=O)O.